The molecule has 0 spiro atoms. The van der Waals surface area contributed by atoms with Crippen LogP contribution in [0.2, 0.25) is 0 Å². The number of Topliss-reactive ketones (excluding diaryl/α,β-unsaturated/α-hetero) is 1. The highest BCUT2D eigenvalue weighted by Gasteiger charge is 2.45. The van der Waals surface area contributed by atoms with Gasteiger partial charge in [-0.2, -0.15) is 0 Å². The van der Waals surface area contributed by atoms with Gasteiger partial charge in [0.25, 0.3) is 0 Å². The van der Waals surface area contributed by atoms with Crippen molar-refractivity contribution >= 4 is 17.4 Å². The molecule has 0 saturated heterocycles. The van der Waals surface area contributed by atoms with Gasteiger partial charge in [-0.1, -0.05) is 26.0 Å². The van der Waals surface area contributed by atoms with E-state index in [0.29, 0.717) is 42.2 Å². The molecule has 2 aromatic rings. The predicted molar refractivity (Wildman–Crippen MR) is 106 cm³/mol. The highest BCUT2D eigenvalue weighted by atomic mass is 16.5. The molecule has 0 N–H and O–H groups in total. The predicted octanol–water partition coefficient (Wildman–Crippen LogP) is 4.84. The fourth-order valence-corrected chi connectivity index (χ4v) is 4.35. The summed E-state index contributed by atoms with van der Waals surface area (Å²) in [6, 6.07) is 11.2. The molecule has 1 aromatic carbocycles. The molecule has 1 aromatic heterocycles. The summed E-state index contributed by atoms with van der Waals surface area (Å²) in [5, 5.41) is 0. The molecule has 0 saturated carbocycles. The lowest BCUT2D eigenvalue weighted by molar-refractivity contribution is -0.121. The lowest BCUT2D eigenvalue weighted by atomic mass is 9.70. The quantitative estimate of drug-likeness (QED) is 0.762. The number of nitrogens with zero attached hydrogens (tertiary/aromatic N) is 1. The first-order valence-electron chi connectivity index (χ1n) is 9.75. The van der Waals surface area contributed by atoms with E-state index in [4.69, 9.17) is 9.15 Å². The second-order valence-electron chi connectivity index (χ2n) is 8.20. The number of benzene rings is 1. The number of hydrogen-bond acceptors (Lipinski definition) is 4. The van der Waals surface area contributed by atoms with Crippen LogP contribution >= 0.6 is 0 Å². The van der Waals surface area contributed by atoms with Gasteiger partial charge in [0.05, 0.1) is 24.5 Å². The van der Waals surface area contributed by atoms with Crippen molar-refractivity contribution in [2.24, 2.45) is 5.41 Å². The van der Waals surface area contributed by atoms with E-state index >= 15 is 0 Å². The Bertz CT molecular complexity index is 939. The normalized spacial score (nSPS) is 21.7. The summed E-state index contributed by atoms with van der Waals surface area (Å²) >= 11 is 0. The minimum absolute atomic E-state index is 0.0437. The van der Waals surface area contributed by atoms with Gasteiger partial charge < -0.3 is 9.15 Å². The zero-order valence-electron chi connectivity index (χ0n) is 16.5. The van der Waals surface area contributed by atoms with Crippen LogP contribution in [0.3, 0.4) is 0 Å². The van der Waals surface area contributed by atoms with Crippen molar-refractivity contribution < 1.29 is 18.7 Å². The molecule has 4 rings (SSSR count). The van der Waals surface area contributed by atoms with Crippen molar-refractivity contribution in [1.29, 1.82) is 0 Å². The van der Waals surface area contributed by atoms with Gasteiger partial charge in [-0.3, -0.25) is 14.5 Å². The molecule has 0 bridgehead atoms. The van der Waals surface area contributed by atoms with E-state index in [2.05, 4.69) is 13.8 Å². The molecule has 1 unspecified atom stereocenters. The van der Waals surface area contributed by atoms with Crippen LogP contribution in [0.15, 0.2) is 58.3 Å². The van der Waals surface area contributed by atoms with Crippen molar-refractivity contribution in [2.75, 3.05) is 11.5 Å². The number of carbonyl (C=O) groups is 2. The summed E-state index contributed by atoms with van der Waals surface area (Å²) < 4.78 is 11.4. The van der Waals surface area contributed by atoms with Gasteiger partial charge in [0.1, 0.15) is 11.5 Å². The van der Waals surface area contributed by atoms with Crippen molar-refractivity contribution in [3.05, 3.63) is 59.7 Å². The molecule has 1 atom stereocenters. The first-order chi connectivity index (χ1) is 13.4. The largest absolute Gasteiger partial charge is 0.492 e. The summed E-state index contributed by atoms with van der Waals surface area (Å²) in [5.41, 5.74) is 1.98. The minimum atomic E-state index is -0.323. The fraction of sp³-hybridized carbons (Fsp3) is 0.391. The average Bonchev–Trinajstić information content (AvgIpc) is 3.15. The highest BCUT2D eigenvalue weighted by molar-refractivity contribution is 6.08. The Morgan fingerprint density at radius 3 is 2.64 bits per heavy atom. The third kappa shape index (κ3) is 3.15. The monoisotopic (exact) mass is 379 g/mol. The summed E-state index contributed by atoms with van der Waals surface area (Å²) in [4.78, 5) is 28.2. The van der Waals surface area contributed by atoms with E-state index in [1.165, 1.54) is 0 Å². The Balaban J connectivity index is 1.90. The van der Waals surface area contributed by atoms with Gasteiger partial charge >= 0.3 is 0 Å². The highest BCUT2D eigenvalue weighted by Crippen LogP contribution is 2.49. The van der Waals surface area contributed by atoms with Gasteiger partial charge in [-0.15, -0.1) is 0 Å². The van der Waals surface area contributed by atoms with Crippen LogP contribution in [-0.4, -0.2) is 18.3 Å². The van der Waals surface area contributed by atoms with E-state index in [1.54, 1.807) is 17.2 Å². The van der Waals surface area contributed by atoms with Crippen LogP contribution in [0.25, 0.3) is 0 Å². The van der Waals surface area contributed by atoms with Crippen molar-refractivity contribution in [3.8, 4) is 5.75 Å². The summed E-state index contributed by atoms with van der Waals surface area (Å²) in [7, 11) is 0. The number of ketones is 1. The number of carbonyl (C=O) groups excluding carboxylic acids is 2. The van der Waals surface area contributed by atoms with Gasteiger partial charge in [0.15, 0.2) is 5.78 Å². The SMILES string of the molecule is CCOc1ccccc1N1C(=O)CC(c2ccco2)C2=C1CC(C)(C)CC2=O. The third-order valence-corrected chi connectivity index (χ3v) is 5.44. The van der Waals surface area contributed by atoms with Gasteiger partial charge in [0.2, 0.25) is 5.91 Å². The van der Waals surface area contributed by atoms with Gasteiger partial charge in [-0.05, 0) is 43.0 Å². The smallest absolute Gasteiger partial charge is 0.232 e. The minimum Gasteiger partial charge on any atom is -0.492 e. The number of para-hydroxylation sites is 2. The molecule has 2 heterocycles. The third-order valence-electron chi connectivity index (χ3n) is 5.44. The maximum absolute atomic E-state index is 13.3. The number of amides is 1. The molecule has 28 heavy (non-hydrogen) atoms. The van der Waals surface area contributed by atoms with Crippen LogP contribution in [0.1, 0.15) is 51.7 Å². The topological polar surface area (TPSA) is 59.8 Å². The molecule has 5 heteroatoms. The number of hydrogen-bond donors (Lipinski definition) is 0. The molecule has 1 aliphatic carbocycles. The second-order valence-corrected chi connectivity index (χ2v) is 8.20. The number of anilines is 1. The van der Waals surface area contributed by atoms with E-state index in [9.17, 15) is 9.59 Å². The van der Waals surface area contributed by atoms with Crippen LogP contribution in [-0.2, 0) is 9.59 Å². The summed E-state index contributed by atoms with van der Waals surface area (Å²) in [6.07, 6.45) is 2.92. The summed E-state index contributed by atoms with van der Waals surface area (Å²) in [5.74, 6) is 1.05. The molecule has 2 aliphatic rings. The molecule has 1 aliphatic heterocycles. The standard InChI is InChI=1S/C23H25NO4/c1-4-27-20-9-6-5-8-16(20)24-17-13-23(2,3)14-18(25)22(17)15(12-21(24)26)19-10-7-11-28-19/h5-11,15H,4,12-14H2,1-3H3. The van der Waals surface area contributed by atoms with Crippen LogP contribution < -0.4 is 9.64 Å². The number of allylic oxidation sites excluding steroid dienone is 2. The van der Waals surface area contributed by atoms with E-state index in [-0.39, 0.29) is 29.4 Å². The fourth-order valence-electron chi connectivity index (χ4n) is 4.35. The van der Waals surface area contributed by atoms with Crippen LogP contribution in [0, 0.1) is 5.41 Å². The lowest BCUT2D eigenvalue weighted by Crippen LogP contribution is -2.43. The second kappa shape index (κ2) is 6.97. The van der Waals surface area contributed by atoms with Gasteiger partial charge in [0, 0.05) is 24.1 Å². The van der Waals surface area contributed by atoms with Crippen LogP contribution in [0.4, 0.5) is 5.69 Å². The van der Waals surface area contributed by atoms with E-state index < -0.39 is 0 Å². The zero-order valence-corrected chi connectivity index (χ0v) is 16.5. The molecule has 5 nitrogen and oxygen atoms in total. The Kier molecular flexibility index (Phi) is 4.61. The Labute approximate surface area is 165 Å². The Morgan fingerprint density at radius 2 is 1.93 bits per heavy atom. The number of furan rings is 1. The first-order valence-corrected chi connectivity index (χ1v) is 9.75. The average molecular weight is 379 g/mol. The van der Waals surface area contributed by atoms with E-state index in [0.717, 1.165) is 5.70 Å². The Hall–Kier alpha value is -2.82. The maximum atomic E-state index is 13.3. The molecular formula is C23H25NO4. The molecular weight excluding hydrogens is 354 g/mol. The molecule has 0 radical (unpaired) electrons. The molecule has 0 fully saturated rings. The first kappa shape index (κ1) is 18.5. The maximum Gasteiger partial charge on any atom is 0.232 e. The zero-order chi connectivity index (χ0) is 19.9. The number of ether oxygens (including phenoxy) is 1. The van der Waals surface area contributed by atoms with Crippen molar-refractivity contribution in [1.82, 2.24) is 0 Å². The molecule has 1 amide bonds. The van der Waals surface area contributed by atoms with Crippen LogP contribution in [0.5, 0.6) is 5.75 Å². The summed E-state index contributed by atoms with van der Waals surface area (Å²) in [6.45, 7) is 6.56. The lowest BCUT2D eigenvalue weighted by Gasteiger charge is -2.42. The van der Waals surface area contributed by atoms with Gasteiger partial charge in [-0.25, -0.2) is 0 Å². The Morgan fingerprint density at radius 1 is 1.14 bits per heavy atom. The number of rotatable bonds is 4. The van der Waals surface area contributed by atoms with E-state index in [1.807, 2.05) is 37.3 Å². The van der Waals surface area contributed by atoms with Crippen molar-refractivity contribution in [2.45, 2.75) is 46.0 Å². The van der Waals surface area contributed by atoms with Crippen molar-refractivity contribution in [3.63, 3.8) is 0 Å². The molecule has 146 valence electrons.